The molecule has 5 heteroatoms. The molecule has 1 aromatic heterocycles. The third-order valence-electron chi connectivity index (χ3n) is 8.53. The maximum atomic E-state index is 13.5. The Balaban J connectivity index is 1.41. The first-order chi connectivity index (χ1) is 16.0. The van der Waals surface area contributed by atoms with Crippen LogP contribution in [0.1, 0.15) is 94.3 Å². The molecule has 1 aromatic carbocycles. The van der Waals surface area contributed by atoms with Gasteiger partial charge in [0.05, 0.1) is 5.52 Å². The van der Waals surface area contributed by atoms with E-state index in [1.807, 2.05) is 24.3 Å². The number of aromatic nitrogens is 1. The van der Waals surface area contributed by atoms with Crippen molar-refractivity contribution in [1.82, 2.24) is 9.88 Å². The molecule has 0 saturated heterocycles. The molecule has 0 unspecified atom stereocenters. The number of benzene rings is 1. The fourth-order valence-corrected chi connectivity index (χ4v) is 7.43. The number of rotatable bonds is 9. The Labute approximate surface area is 196 Å². The lowest BCUT2D eigenvalue weighted by atomic mass is 9.53. The molecule has 5 nitrogen and oxygen atoms in total. The summed E-state index contributed by atoms with van der Waals surface area (Å²) in [7, 11) is 0. The molecule has 1 heterocycles. The zero-order valence-corrected chi connectivity index (χ0v) is 19.9. The molecular formula is C28H38N2O3. The van der Waals surface area contributed by atoms with Crippen LogP contribution >= 0.6 is 0 Å². The molecule has 4 aliphatic rings. The summed E-state index contributed by atoms with van der Waals surface area (Å²) < 4.78 is 1.71. The Kier molecular flexibility index (Phi) is 6.24. The van der Waals surface area contributed by atoms with Gasteiger partial charge in [0.2, 0.25) is 0 Å². The van der Waals surface area contributed by atoms with Crippen molar-refractivity contribution >= 4 is 16.8 Å². The number of hydrogen-bond acceptors (Lipinski definition) is 3. The molecule has 2 aromatic rings. The molecule has 0 spiro atoms. The lowest BCUT2D eigenvalue weighted by Gasteiger charge is -2.56. The first kappa shape index (κ1) is 22.5. The first-order valence-electron chi connectivity index (χ1n) is 13.2. The standard InChI is InChI=1S/C28H38N2O3/c1-2-3-4-5-6-9-12-30-23-11-8-7-10-22(23)25(31)24(27(30)33)26(32)29-28-16-19-13-20(17-28)15-21(14-19)18-28/h7-8,10-11,19-21,31H,2-6,9,12-18H2,1H3,(H,29,32). The number of carbonyl (C=O) groups is 1. The van der Waals surface area contributed by atoms with Crippen molar-refractivity contribution in [2.24, 2.45) is 17.8 Å². The second-order valence-corrected chi connectivity index (χ2v) is 11.1. The monoisotopic (exact) mass is 450 g/mol. The van der Waals surface area contributed by atoms with Gasteiger partial charge in [-0.2, -0.15) is 0 Å². The highest BCUT2D eigenvalue weighted by Gasteiger charge is 2.51. The van der Waals surface area contributed by atoms with Crippen LogP contribution in [0.25, 0.3) is 10.9 Å². The molecule has 4 bridgehead atoms. The van der Waals surface area contributed by atoms with Crippen LogP contribution in [0.2, 0.25) is 0 Å². The average molecular weight is 451 g/mol. The van der Waals surface area contributed by atoms with Gasteiger partial charge in [0.15, 0.2) is 0 Å². The summed E-state index contributed by atoms with van der Waals surface area (Å²) in [5, 5.41) is 14.9. The van der Waals surface area contributed by atoms with E-state index in [0.29, 0.717) is 35.2 Å². The summed E-state index contributed by atoms with van der Waals surface area (Å²) in [4.78, 5) is 27.1. The van der Waals surface area contributed by atoms with Gasteiger partial charge < -0.3 is 15.0 Å². The molecule has 0 aliphatic heterocycles. The Hall–Kier alpha value is -2.30. The second kappa shape index (κ2) is 9.15. The minimum Gasteiger partial charge on any atom is -0.506 e. The highest BCUT2D eigenvalue weighted by molar-refractivity contribution is 6.02. The molecule has 0 atom stereocenters. The summed E-state index contributed by atoms with van der Waals surface area (Å²) in [5.74, 6) is 1.54. The van der Waals surface area contributed by atoms with E-state index in [1.54, 1.807) is 4.57 Å². The molecule has 6 rings (SSSR count). The highest BCUT2D eigenvalue weighted by Crippen LogP contribution is 2.55. The van der Waals surface area contributed by atoms with Crippen molar-refractivity contribution in [3.8, 4) is 5.75 Å². The molecular weight excluding hydrogens is 412 g/mol. The number of aromatic hydroxyl groups is 1. The molecule has 4 fully saturated rings. The fraction of sp³-hybridized carbons (Fsp3) is 0.643. The van der Waals surface area contributed by atoms with Crippen LogP contribution in [0.4, 0.5) is 0 Å². The van der Waals surface area contributed by atoms with Crippen molar-refractivity contribution in [3.05, 3.63) is 40.2 Å². The number of aryl methyl sites for hydroxylation is 1. The van der Waals surface area contributed by atoms with Gasteiger partial charge in [-0.3, -0.25) is 9.59 Å². The highest BCUT2D eigenvalue weighted by atomic mass is 16.3. The van der Waals surface area contributed by atoms with Crippen LogP contribution in [0, 0.1) is 17.8 Å². The molecule has 0 radical (unpaired) electrons. The minimum absolute atomic E-state index is 0.0737. The predicted molar refractivity (Wildman–Crippen MR) is 132 cm³/mol. The van der Waals surface area contributed by atoms with E-state index in [-0.39, 0.29) is 28.3 Å². The lowest BCUT2D eigenvalue weighted by Crippen LogP contribution is -2.60. The number of amides is 1. The normalized spacial score (nSPS) is 27.8. The van der Waals surface area contributed by atoms with Gasteiger partial charge in [0.25, 0.3) is 11.5 Å². The summed E-state index contributed by atoms with van der Waals surface area (Å²) in [6.07, 6.45) is 13.7. The van der Waals surface area contributed by atoms with Crippen LogP contribution in [0.5, 0.6) is 5.75 Å². The topological polar surface area (TPSA) is 71.3 Å². The summed E-state index contributed by atoms with van der Waals surface area (Å²) in [6, 6.07) is 7.41. The zero-order chi connectivity index (χ0) is 23.0. The lowest BCUT2D eigenvalue weighted by molar-refractivity contribution is -0.0167. The van der Waals surface area contributed by atoms with Gasteiger partial charge >= 0.3 is 0 Å². The van der Waals surface area contributed by atoms with E-state index >= 15 is 0 Å². The smallest absolute Gasteiger partial charge is 0.267 e. The van der Waals surface area contributed by atoms with Crippen LogP contribution < -0.4 is 10.9 Å². The van der Waals surface area contributed by atoms with E-state index in [2.05, 4.69) is 12.2 Å². The molecule has 1 amide bonds. The zero-order valence-electron chi connectivity index (χ0n) is 19.9. The van der Waals surface area contributed by atoms with Crippen molar-refractivity contribution < 1.29 is 9.90 Å². The maximum Gasteiger partial charge on any atom is 0.267 e. The predicted octanol–water partition coefficient (Wildman–Crippen LogP) is 5.77. The third kappa shape index (κ3) is 4.31. The van der Waals surface area contributed by atoms with Crippen molar-refractivity contribution in [2.75, 3.05) is 0 Å². The van der Waals surface area contributed by atoms with E-state index in [0.717, 1.165) is 38.5 Å². The summed E-state index contributed by atoms with van der Waals surface area (Å²) in [6.45, 7) is 2.78. The average Bonchev–Trinajstić information content (AvgIpc) is 2.77. The van der Waals surface area contributed by atoms with E-state index < -0.39 is 0 Å². The fourth-order valence-electron chi connectivity index (χ4n) is 7.43. The van der Waals surface area contributed by atoms with Gasteiger partial charge in [-0.25, -0.2) is 0 Å². The number of para-hydroxylation sites is 1. The van der Waals surface area contributed by atoms with Crippen LogP contribution in [-0.2, 0) is 6.54 Å². The van der Waals surface area contributed by atoms with E-state index in [1.165, 1.54) is 38.5 Å². The first-order valence-corrected chi connectivity index (χ1v) is 13.2. The van der Waals surface area contributed by atoms with Crippen molar-refractivity contribution in [2.45, 2.75) is 96.1 Å². The van der Waals surface area contributed by atoms with Crippen LogP contribution in [0.3, 0.4) is 0 Å². The Morgan fingerprint density at radius 3 is 2.27 bits per heavy atom. The Bertz CT molecular complexity index is 1050. The third-order valence-corrected chi connectivity index (χ3v) is 8.53. The molecule has 4 aliphatic carbocycles. The Morgan fingerprint density at radius 2 is 1.61 bits per heavy atom. The number of hydrogen-bond donors (Lipinski definition) is 2. The van der Waals surface area contributed by atoms with Gasteiger partial charge in [0.1, 0.15) is 11.3 Å². The van der Waals surface area contributed by atoms with E-state index in [4.69, 9.17) is 0 Å². The largest absolute Gasteiger partial charge is 0.506 e. The molecule has 2 N–H and O–H groups in total. The van der Waals surface area contributed by atoms with Crippen molar-refractivity contribution in [3.63, 3.8) is 0 Å². The minimum atomic E-state index is -0.387. The summed E-state index contributed by atoms with van der Waals surface area (Å²) in [5.41, 5.74) is 0.0813. The molecule has 178 valence electrons. The number of pyridine rings is 1. The maximum absolute atomic E-state index is 13.5. The Morgan fingerprint density at radius 1 is 1.00 bits per heavy atom. The van der Waals surface area contributed by atoms with Gasteiger partial charge in [0, 0.05) is 17.5 Å². The number of nitrogens with one attached hydrogen (secondary N) is 1. The van der Waals surface area contributed by atoms with E-state index in [9.17, 15) is 14.7 Å². The second-order valence-electron chi connectivity index (χ2n) is 11.1. The van der Waals surface area contributed by atoms with Gasteiger partial charge in [-0.05, 0) is 74.8 Å². The number of fused-ring (bicyclic) bond motifs is 1. The quantitative estimate of drug-likeness (QED) is 0.477. The SMILES string of the molecule is CCCCCCCCn1c(=O)c(C(=O)NC23CC4CC(CC(C4)C2)C3)c(O)c2ccccc21. The number of unbranched alkanes of at least 4 members (excludes halogenated alkanes) is 5. The van der Waals surface area contributed by atoms with Gasteiger partial charge in [-0.1, -0.05) is 51.2 Å². The number of carbonyl (C=O) groups excluding carboxylic acids is 1. The van der Waals surface area contributed by atoms with Crippen molar-refractivity contribution in [1.29, 1.82) is 0 Å². The van der Waals surface area contributed by atoms with Gasteiger partial charge in [-0.15, -0.1) is 0 Å². The van der Waals surface area contributed by atoms with Crippen LogP contribution in [0.15, 0.2) is 29.1 Å². The summed E-state index contributed by atoms with van der Waals surface area (Å²) >= 11 is 0. The molecule has 4 saturated carbocycles. The molecule has 33 heavy (non-hydrogen) atoms. The van der Waals surface area contributed by atoms with Crippen LogP contribution in [-0.4, -0.2) is 21.1 Å². The number of nitrogens with zero attached hydrogens (tertiary/aromatic N) is 1.